The van der Waals surface area contributed by atoms with Crippen molar-refractivity contribution in [3.05, 3.63) is 48.4 Å². The summed E-state index contributed by atoms with van der Waals surface area (Å²) < 4.78 is 25.4. The average Bonchev–Trinajstić information content (AvgIpc) is 2.81. The smallest absolute Gasteiger partial charge is 0.263 e. The van der Waals surface area contributed by atoms with E-state index in [1.165, 1.54) is 0 Å². The first-order valence-corrected chi connectivity index (χ1v) is 10.5. The fourth-order valence-corrected chi connectivity index (χ4v) is 3.68. The van der Waals surface area contributed by atoms with Crippen molar-refractivity contribution in [2.75, 3.05) is 47.2 Å². The first kappa shape index (κ1) is 20.9. The summed E-state index contributed by atoms with van der Waals surface area (Å²) >= 11 is 0. The molecule has 1 saturated heterocycles. The van der Waals surface area contributed by atoms with Crippen molar-refractivity contribution in [2.24, 2.45) is 0 Å². The number of ether oxygens (including phenoxy) is 2. The summed E-state index contributed by atoms with van der Waals surface area (Å²) in [5.41, 5.74) is 1.79. The molecule has 0 aliphatic carbocycles. The van der Waals surface area contributed by atoms with Gasteiger partial charge in [0.15, 0.2) is 29.8 Å². The molecule has 5 rings (SSSR count). The Kier molecular flexibility index (Phi) is 5.61. The Morgan fingerprint density at radius 2 is 2.06 bits per heavy atom. The van der Waals surface area contributed by atoms with E-state index in [9.17, 15) is 9.18 Å². The highest BCUT2D eigenvalue weighted by Crippen LogP contribution is 2.31. The van der Waals surface area contributed by atoms with Crippen LogP contribution in [0, 0.1) is 5.82 Å². The summed E-state index contributed by atoms with van der Waals surface area (Å²) in [7, 11) is 0. The highest BCUT2D eigenvalue weighted by molar-refractivity contribution is 5.94. The second-order valence-electron chi connectivity index (χ2n) is 7.66. The molecule has 4 heterocycles. The van der Waals surface area contributed by atoms with Gasteiger partial charge in [-0.2, -0.15) is 4.98 Å². The van der Waals surface area contributed by atoms with Gasteiger partial charge < -0.3 is 30.3 Å². The number of morpholine rings is 1. The average molecular weight is 451 g/mol. The number of pyridine rings is 1. The van der Waals surface area contributed by atoms with E-state index >= 15 is 0 Å². The van der Waals surface area contributed by atoms with Crippen molar-refractivity contribution >= 4 is 40.7 Å². The van der Waals surface area contributed by atoms with Gasteiger partial charge in [-0.3, -0.25) is 4.79 Å². The Morgan fingerprint density at radius 3 is 2.94 bits per heavy atom. The van der Waals surface area contributed by atoms with Crippen LogP contribution >= 0.6 is 0 Å². The van der Waals surface area contributed by atoms with Crippen LogP contribution in [0.4, 0.5) is 39.2 Å². The van der Waals surface area contributed by atoms with Gasteiger partial charge in [-0.15, -0.1) is 0 Å². The van der Waals surface area contributed by atoms with Crippen LogP contribution in [0.25, 0.3) is 0 Å². The van der Waals surface area contributed by atoms with Gasteiger partial charge in [0.2, 0.25) is 5.95 Å². The number of nitrogens with zero attached hydrogens (tertiary/aromatic N) is 4. The molecule has 33 heavy (non-hydrogen) atoms. The molecule has 3 N–H and O–H groups in total. The second-order valence-corrected chi connectivity index (χ2v) is 7.66. The third-order valence-corrected chi connectivity index (χ3v) is 5.20. The normalized spacial score (nSPS) is 17.6. The van der Waals surface area contributed by atoms with Crippen LogP contribution in [0.5, 0.6) is 5.75 Å². The lowest BCUT2D eigenvalue weighted by Gasteiger charge is -2.34. The number of halogens is 1. The molecular weight excluding hydrogens is 429 g/mol. The van der Waals surface area contributed by atoms with Crippen LogP contribution in [0.3, 0.4) is 0 Å². The van der Waals surface area contributed by atoms with E-state index in [0.29, 0.717) is 18.2 Å². The molecule has 3 aromatic rings. The van der Waals surface area contributed by atoms with Crippen LogP contribution in [-0.4, -0.2) is 53.3 Å². The number of hydrogen-bond donors (Lipinski definition) is 3. The van der Waals surface area contributed by atoms with Crippen molar-refractivity contribution in [2.45, 2.75) is 13.0 Å². The number of nitrogens with one attached hydrogen (secondary N) is 3. The topological polar surface area (TPSA) is 114 Å². The van der Waals surface area contributed by atoms with Gasteiger partial charge in [-0.25, -0.2) is 14.4 Å². The highest BCUT2D eigenvalue weighted by atomic mass is 19.1. The summed E-state index contributed by atoms with van der Waals surface area (Å²) in [6.07, 6.45) is 1.21. The Bertz CT molecular complexity index is 1190. The second kappa shape index (κ2) is 8.87. The first-order chi connectivity index (χ1) is 16.0. The summed E-state index contributed by atoms with van der Waals surface area (Å²) in [5, 5.41) is 8.64. The lowest BCUT2D eigenvalue weighted by molar-refractivity contribution is -0.118. The molecule has 1 unspecified atom stereocenters. The van der Waals surface area contributed by atoms with Crippen molar-refractivity contribution in [3.8, 4) is 5.75 Å². The monoisotopic (exact) mass is 451 g/mol. The minimum atomic E-state index is -0.643. The molecule has 10 nitrogen and oxygen atoms in total. The van der Waals surface area contributed by atoms with E-state index < -0.39 is 5.82 Å². The predicted molar refractivity (Wildman–Crippen MR) is 121 cm³/mol. The predicted octanol–water partition coefficient (Wildman–Crippen LogP) is 3.05. The summed E-state index contributed by atoms with van der Waals surface area (Å²) in [5.74, 6) is 0.224. The number of para-hydroxylation sites is 2. The minimum absolute atomic E-state index is 0.0551. The molecule has 0 spiro atoms. The van der Waals surface area contributed by atoms with Gasteiger partial charge in [0, 0.05) is 13.1 Å². The molecule has 170 valence electrons. The number of benzene rings is 1. The van der Waals surface area contributed by atoms with Crippen LogP contribution in [0.1, 0.15) is 6.92 Å². The number of fused-ring (bicyclic) bond motifs is 1. The highest BCUT2D eigenvalue weighted by Gasteiger charge is 2.20. The molecule has 1 aromatic carbocycles. The van der Waals surface area contributed by atoms with Gasteiger partial charge in [-0.1, -0.05) is 12.1 Å². The van der Waals surface area contributed by atoms with E-state index in [1.807, 2.05) is 31.2 Å². The van der Waals surface area contributed by atoms with E-state index in [2.05, 4.69) is 35.8 Å². The maximum atomic E-state index is 14.4. The summed E-state index contributed by atoms with van der Waals surface area (Å²) in [4.78, 5) is 26.4. The molecule has 1 atom stereocenters. The third kappa shape index (κ3) is 4.62. The minimum Gasteiger partial charge on any atom is -0.480 e. The Balaban J connectivity index is 1.37. The Morgan fingerprint density at radius 1 is 1.18 bits per heavy atom. The molecule has 0 saturated carbocycles. The summed E-state index contributed by atoms with van der Waals surface area (Å²) in [6.45, 7) is 4.15. The van der Waals surface area contributed by atoms with Crippen LogP contribution in [0.2, 0.25) is 0 Å². The van der Waals surface area contributed by atoms with Gasteiger partial charge in [0.1, 0.15) is 5.82 Å². The molecule has 2 aromatic heterocycles. The van der Waals surface area contributed by atoms with E-state index in [0.717, 1.165) is 30.7 Å². The number of carbonyl (C=O) groups is 1. The maximum Gasteiger partial charge on any atom is 0.263 e. The Hall–Kier alpha value is -3.99. The van der Waals surface area contributed by atoms with Crippen molar-refractivity contribution < 1.29 is 18.7 Å². The first-order valence-electron chi connectivity index (χ1n) is 10.5. The SMILES string of the molecule is CC1CN(c2ccccc2Nc2ncc(F)c(Nc3ccc4c(n3)NC(=O)CO4)n2)CCO1. The molecule has 2 aliphatic rings. The molecule has 1 amide bonds. The standard InChI is InChI=1S/C22H22FN7O3/c1-13-11-30(8-9-32-13)16-5-3-2-4-15(16)25-22-24-10-14(23)20(29-22)26-18-7-6-17-21(27-18)28-19(31)12-33-17/h2-7,10,13H,8-9,11-12H2,1H3,(H3,24,25,26,27,28,29,31). The van der Waals surface area contributed by atoms with E-state index in [1.54, 1.807) is 12.1 Å². The molecule has 0 radical (unpaired) electrons. The number of rotatable bonds is 5. The zero-order valence-electron chi connectivity index (χ0n) is 17.8. The van der Waals surface area contributed by atoms with Crippen LogP contribution in [-0.2, 0) is 9.53 Å². The molecule has 0 bridgehead atoms. The third-order valence-electron chi connectivity index (χ3n) is 5.20. The largest absolute Gasteiger partial charge is 0.480 e. The van der Waals surface area contributed by atoms with Crippen molar-refractivity contribution in [3.63, 3.8) is 0 Å². The van der Waals surface area contributed by atoms with Crippen molar-refractivity contribution in [1.82, 2.24) is 15.0 Å². The maximum absolute atomic E-state index is 14.4. The van der Waals surface area contributed by atoms with Gasteiger partial charge >= 0.3 is 0 Å². The molecule has 1 fully saturated rings. The number of hydrogen-bond acceptors (Lipinski definition) is 9. The Labute approximate surface area is 189 Å². The van der Waals surface area contributed by atoms with Crippen LogP contribution < -0.4 is 25.6 Å². The van der Waals surface area contributed by atoms with Gasteiger partial charge in [0.25, 0.3) is 5.91 Å². The number of aromatic nitrogens is 3. The fraction of sp³-hybridized carbons (Fsp3) is 0.273. The zero-order valence-corrected chi connectivity index (χ0v) is 17.8. The fourth-order valence-electron chi connectivity index (χ4n) is 3.68. The quantitative estimate of drug-likeness (QED) is 0.539. The number of carbonyl (C=O) groups excluding carboxylic acids is 1. The number of anilines is 6. The van der Waals surface area contributed by atoms with E-state index in [4.69, 9.17) is 9.47 Å². The zero-order chi connectivity index (χ0) is 22.8. The van der Waals surface area contributed by atoms with Gasteiger partial charge in [0.05, 0.1) is 30.3 Å². The van der Waals surface area contributed by atoms with Crippen LogP contribution in [0.15, 0.2) is 42.6 Å². The summed E-state index contributed by atoms with van der Waals surface area (Å²) in [6, 6.07) is 11.1. The van der Waals surface area contributed by atoms with Gasteiger partial charge in [-0.05, 0) is 31.2 Å². The molecular formula is C22H22FN7O3. The lowest BCUT2D eigenvalue weighted by Crippen LogP contribution is -2.41. The van der Waals surface area contributed by atoms with Crippen molar-refractivity contribution in [1.29, 1.82) is 0 Å². The molecule has 11 heteroatoms. The molecule has 2 aliphatic heterocycles. The lowest BCUT2D eigenvalue weighted by atomic mass is 10.2. The van der Waals surface area contributed by atoms with E-state index in [-0.39, 0.29) is 36.2 Å². The number of amides is 1.